The Labute approximate surface area is 121 Å². The first kappa shape index (κ1) is 15.2. The van der Waals surface area contributed by atoms with E-state index in [1.165, 1.54) is 19.3 Å². The molecule has 0 bridgehead atoms. The molecule has 2 atom stereocenters. The summed E-state index contributed by atoms with van der Waals surface area (Å²) in [7, 11) is 0. The number of hydrogen-bond acceptors (Lipinski definition) is 4. The molecule has 4 heteroatoms. The molecule has 0 radical (unpaired) electrons. The zero-order chi connectivity index (χ0) is 13.7. The predicted octanol–water partition coefficient (Wildman–Crippen LogP) is 2.98. The zero-order valence-corrected chi connectivity index (χ0v) is 13.1. The summed E-state index contributed by atoms with van der Waals surface area (Å²) in [6, 6.07) is 0.559. The minimum Gasteiger partial charge on any atom is -0.465 e. The maximum atomic E-state index is 12.5. The second-order valence-electron chi connectivity index (χ2n) is 5.69. The first-order chi connectivity index (χ1) is 9.23. The van der Waals surface area contributed by atoms with E-state index in [0.29, 0.717) is 18.6 Å². The summed E-state index contributed by atoms with van der Waals surface area (Å²) in [6.07, 6.45) is 6.86. The van der Waals surface area contributed by atoms with Crippen molar-refractivity contribution in [2.75, 3.05) is 18.1 Å². The van der Waals surface area contributed by atoms with Gasteiger partial charge >= 0.3 is 5.97 Å². The van der Waals surface area contributed by atoms with E-state index in [0.717, 1.165) is 30.8 Å². The highest BCUT2D eigenvalue weighted by Gasteiger charge is 2.51. The van der Waals surface area contributed by atoms with Crippen molar-refractivity contribution < 1.29 is 9.53 Å². The predicted molar refractivity (Wildman–Crippen MR) is 80.5 cm³/mol. The molecule has 19 heavy (non-hydrogen) atoms. The zero-order valence-electron chi connectivity index (χ0n) is 12.2. The monoisotopic (exact) mass is 285 g/mol. The summed E-state index contributed by atoms with van der Waals surface area (Å²) in [5.74, 6) is 2.79. The number of esters is 1. The molecular formula is C15H27NO2S. The molecule has 0 aromatic carbocycles. The van der Waals surface area contributed by atoms with Gasteiger partial charge in [-0.2, -0.15) is 11.8 Å². The van der Waals surface area contributed by atoms with E-state index in [9.17, 15) is 4.79 Å². The minimum absolute atomic E-state index is 0.00546. The summed E-state index contributed by atoms with van der Waals surface area (Å²) in [4.78, 5) is 12.5. The number of ether oxygens (including phenoxy) is 1. The van der Waals surface area contributed by atoms with Crippen molar-refractivity contribution in [3.63, 3.8) is 0 Å². The van der Waals surface area contributed by atoms with Crippen LogP contribution in [0.3, 0.4) is 0 Å². The topological polar surface area (TPSA) is 38.3 Å². The van der Waals surface area contributed by atoms with Crippen molar-refractivity contribution in [2.45, 2.75) is 64.0 Å². The molecule has 2 unspecified atom stereocenters. The van der Waals surface area contributed by atoms with Gasteiger partial charge in [0.05, 0.1) is 6.61 Å². The Morgan fingerprint density at radius 2 is 2.16 bits per heavy atom. The van der Waals surface area contributed by atoms with Crippen LogP contribution in [0.2, 0.25) is 0 Å². The second kappa shape index (κ2) is 6.98. The lowest BCUT2D eigenvalue weighted by Gasteiger charge is -2.34. The van der Waals surface area contributed by atoms with Crippen LogP contribution in [0.25, 0.3) is 0 Å². The molecule has 2 aliphatic rings. The third-order valence-corrected chi connectivity index (χ3v) is 5.25. The Kier molecular flexibility index (Phi) is 5.58. The lowest BCUT2D eigenvalue weighted by Crippen LogP contribution is -2.56. The second-order valence-corrected chi connectivity index (χ2v) is 7.08. The molecule has 0 aliphatic heterocycles. The van der Waals surface area contributed by atoms with Crippen molar-refractivity contribution in [1.82, 2.24) is 5.32 Å². The largest absolute Gasteiger partial charge is 0.465 e. The van der Waals surface area contributed by atoms with Gasteiger partial charge in [-0.05, 0) is 56.5 Å². The van der Waals surface area contributed by atoms with Crippen LogP contribution in [0.1, 0.15) is 52.4 Å². The Morgan fingerprint density at radius 3 is 2.79 bits per heavy atom. The van der Waals surface area contributed by atoms with Gasteiger partial charge in [-0.3, -0.25) is 10.1 Å². The summed E-state index contributed by atoms with van der Waals surface area (Å²) >= 11 is 1.98. The number of nitrogens with one attached hydrogen (secondary N) is 1. The normalized spacial score (nSPS) is 30.5. The van der Waals surface area contributed by atoms with Crippen molar-refractivity contribution in [1.29, 1.82) is 0 Å². The van der Waals surface area contributed by atoms with Crippen molar-refractivity contribution >= 4 is 17.7 Å². The van der Waals surface area contributed by atoms with Crippen molar-refractivity contribution in [2.24, 2.45) is 5.92 Å². The Morgan fingerprint density at radius 1 is 1.37 bits per heavy atom. The summed E-state index contributed by atoms with van der Waals surface area (Å²) in [5.41, 5.74) is -0.370. The van der Waals surface area contributed by atoms with Gasteiger partial charge in [0.25, 0.3) is 0 Å². The van der Waals surface area contributed by atoms with Crippen LogP contribution in [0.5, 0.6) is 0 Å². The first-order valence-corrected chi connectivity index (χ1v) is 8.91. The Bertz CT molecular complexity index is 307. The lowest BCUT2D eigenvalue weighted by molar-refractivity contribution is -0.153. The van der Waals surface area contributed by atoms with E-state index in [1.807, 2.05) is 18.7 Å². The van der Waals surface area contributed by atoms with E-state index >= 15 is 0 Å². The fourth-order valence-electron chi connectivity index (χ4n) is 3.21. The molecular weight excluding hydrogens is 258 g/mol. The van der Waals surface area contributed by atoms with Gasteiger partial charge in [0.15, 0.2) is 0 Å². The highest BCUT2D eigenvalue weighted by Crippen LogP contribution is 2.41. The van der Waals surface area contributed by atoms with Gasteiger partial charge in [0, 0.05) is 6.04 Å². The molecule has 0 aromatic heterocycles. The van der Waals surface area contributed by atoms with E-state index in [1.54, 1.807) is 0 Å². The number of hydrogen-bond donors (Lipinski definition) is 1. The third-order valence-electron chi connectivity index (χ3n) is 4.31. The molecule has 0 aromatic rings. The minimum atomic E-state index is -0.370. The molecule has 0 amide bonds. The Hall–Kier alpha value is -0.220. The van der Waals surface area contributed by atoms with Crippen molar-refractivity contribution in [3.8, 4) is 0 Å². The Balaban J connectivity index is 2.02. The van der Waals surface area contributed by atoms with E-state index < -0.39 is 0 Å². The smallest absolute Gasteiger partial charge is 0.326 e. The molecule has 0 saturated heterocycles. The van der Waals surface area contributed by atoms with Gasteiger partial charge in [0.1, 0.15) is 5.54 Å². The van der Waals surface area contributed by atoms with Crippen LogP contribution in [0.4, 0.5) is 0 Å². The molecule has 1 N–H and O–H groups in total. The number of carbonyl (C=O) groups is 1. The van der Waals surface area contributed by atoms with Gasteiger partial charge in [0.2, 0.25) is 0 Å². The van der Waals surface area contributed by atoms with Crippen LogP contribution in [0, 0.1) is 5.92 Å². The third kappa shape index (κ3) is 3.66. The standard InChI is InChI=1S/C15H27NO2S/c1-3-18-14(17)15(16-13-7-8-13)10-5-6-12(15)9-11-19-4-2/h12-13,16H,3-11H2,1-2H3. The van der Waals surface area contributed by atoms with Crippen LogP contribution in [0.15, 0.2) is 0 Å². The summed E-state index contributed by atoms with van der Waals surface area (Å²) < 4.78 is 5.39. The van der Waals surface area contributed by atoms with E-state index in [4.69, 9.17) is 4.74 Å². The number of thioether (sulfide) groups is 1. The van der Waals surface area contributed by atoms with Crippen molar-refractivity contribution in [3.05, 3.63) is 0 Å². The molecule has 110 valence electrons. The highest BCUT2D eigenvalue weighted by molar-refractivity contribution is 7.99. The molecule has 3 nitrogen and oxygen atoms in total. The fraction of sp³-hybridized carbons (Fsp3) is 0.933. The van der Waals surface area contributed by atoms with Gasteiger partial charge in [-0.25, -0.2) is 0 Å². The maximum Gasteiger partial charge on any atom is 0.326 e. The average molecular weight is 285 g/mol. The summed E-state index contributed by atoms with van der Waals surface area (Å²) in [6.45, 7) is 4.59. The van der Waals surface area contributed by atoms with E-state index in [-0.39, 0.29) is 11.5 Å². The summed E-state index contributed by atoms with van der Waals surface area (Å²) in [5, 5.41) is 3.64. The molecule has 2 fully saturated rings. The molecule has 2 saturated carbocycles. The molecule has 0 spiro atoms. The maximum absolute atomic E-state index is 12.5. The van der Waals surface area contributed by atoms with Gasteiger partial charge in [-0.1, -0.05) is 13.3 Å². The van der Waals surface area contributed by atoms with Crippen LogP contribution >= 0.6 is 11.8 Å². The number of rotatable bonds is 8. The molecule has 2 aliphatic carbocycles. The molecule has 0 heterocycles. The van der Waals surface area contributed by atoms with Gasteiger partial charge < -0.3 is 4.74 Å². The average Bonchev–Trinajstić information content (AvgIpc) is 3.11. The van der Waals surface area contributed by atoms with Crippen LogP contribution in [-0.4, -0.2) is 35.7 Å². The number of carbonyl (C=O) groups excluding carboxylic acids is 1. The highest BCUT2D eigenvalue weighted by atomic mass is 32.2. The van der Waals surface area contributed by atoms with Gasteiger partial charge in [-0.15, -0.1) is 0 Å². The quantitative estimate of drug-likeness (QED) is 0.549. The first-order valence-electron chi connectivity index (χ1n) is 7.75. The van der Waals surface area contributed by atoms with E-state index in [2.05, 4.69) is 12.2 Å². The fourth-order valence-corrected chi connectivity index (χ4v) is 3.95. The SMILES string of the molecule is CCOC(=O)C1(NC2CC2)CCCC1CCSCC. The molecule has 2 rings (SSSR count). The lowest BCUT2D eigenvalue weighted by atomic mass is 9.84. The van der Waals surface area contributed by atoms with Crippen LogP contribution in [-0.2, 0) is 9.53 Å². The van der Waals surface area contributed by atoms with Crippen LogP contribution < -0.4 is 5.32 Å².